The number of halogens is 2. The molecule has 0 radical (unpaired) electrons. The fourth-order valence-corrected chi connectivity index (χ4v) is 1.26. The number of aromatic nitrogens is 1. The molecule has 2 N–H and O–H groups in total. The average Bonchev–Trinajstić information content (AvgIpc) is 2.20. The third kappa shape index (κ3) is 2.53. The van der Waals surface area contributed by atoms with Crippen LogP contribution in [-0.2, 0) is 13.7 Å². The summed E-state index contributed by atoms with van der Waals surface area (Å²) in [5.41, 5.74) is 3.06. The summed E-state index contributed by atoms with van der Waals surface area (Å²) < 4.78 is 26.6. The molecule has 0 saturated heterocycles. The molecule has 1 rings (SSSR count). The summed E-state index contributed by atoms with van der Waals surface area (Å²) in [6, 6.07) is 1.43. The molecule has 0 unspecified atom stereocenters. The average molecular weight is 217 g/mol. The molecule has 0 amide bonds. The molecule has 84 valence electrons. The number of hydrogen-bond donors (Lipinski definition) is 2. The van der Waals surface area contributed by atoms with Crippen molar-refractivity contribution in [1.29, 1.82) is 0 Å². The van der Waals surface area contributed by atoms with Gasteiger partial charge in [-0.2, -0.15) is 5.10 Å². The minimum absolute atomic E-state index is 0.171. The van der Waals surface area contributed by atoms with E-state index in [-0.39, 0.29) is 11.1 Å². The molecule has 15 heavy (non-hydrogen) atoms. The number of nitrogens with zero attached hydrogens (tertiary/aromatic N) is 2. The van der Waals surface area contributed by atoms with Gasteiger partial charge in [-0.3, -0.25) is 0 Å². The Morgan fingerprint density at radius 1 is 1.60 bits per heavy atom. The van der Waals surface area contributed by atoms with Crippen molar-refractivity contribution in [2.24, 2.45) is 12.1 Å². The SMILES string of the molecule is CN/N=c1/cc(CO)c(C(F)F)cn1C. The zero-order valence-electron chi connectivity index (χ0n) is 8.54. The van der Waals surface area contributed by atoms with Crippen LogP contribution in [0, 0.1) is 0 Å². The molecule has 1 aromatic rings. The molecule has 0 spiro atoms. The Hall–Kier alpha value is -1.43. The molecule has 0 saturated carbocycles. The predicted molar refractivity (Wildman–Crippen MR) is 50.9 cm³/mol. The summed E-state index contributed by atoms with van der Waals surface area (Å²) in [5, 5.41) is 12.8. The molecule has 0 aromatic carbocycles. The number of aliphatic hydroxyl groups is 1. The van der Waals surface area contributed by atoms with Crippen LogP contribution in [0.2, 0.25) is 0 Å². The van der Waals surface area contributed by atoms with Gasteiger partial charge in [0.25, 0.3) is 6.43 Å². The second-order valence-corrected chi connectivity index (χ2v) is 3.02. The minimum atomic E-state index is -2.60. The first-order chi connectivity index (χ1) is 7.10. The Morgan fingerprint density at radius 3 is 2.73 bits per heavy atom. The number of hydrogen-bond acceptors (Lipinski definition) is 3. The van der Waals surface area contributed by atoms with Crippen LogP contribution in [0.1, 0.15) is 17.6 Å². The van der Waals surface area contributed by atoms with Gasteiger partial charge in [-0.15, -0.1) is 0 Å². The van der Waals surface area contributed by atoms with Crippen molar-refractivity contribution in [2.45, 2.75) is 13.0 Å². The number of alkyl halides is 2. The number of nitrogens with one attached hydrogen (secondary N) is 1. The summed E-state index contributed by atoms with van der Waals surface area (Å²) in [5.74, 6) is 0. The standard InChI is InChI=1S/C9H13F2N3O/c1-12-13-8-3-6(5-15)7(9(10)11)4-14(8)2/h3-4,9,12,15H,5H2,1-2H3/b13-8-. The Balaban J connectivity index is 3.36. The highest BCUT2D eigenvalue weighted by atomic mass is 19.3. The van der Waals surface area contributed by atoms with E-state index in [4.69, 9.17) is 5.11 Å². The third-order valence-electron chi connectivity index (χ3n) is 2.00. The Bertz CT molecular complexity index is 401. The Morgan fingerprint density at radius 2 is 2.27 bits per heavy atom. The fraction of sp³-hybridized carbons (Fsp3) is 0.444. The van der Waals surface area contributed by atoms with E-state index in [2.05, 4.69) is 10.5 Å². The van der Waals surface area contributed by atoms with Gasteiger partial charge in [0.1, 0.15) is 0 Å². The quantitative estimate of drug-likeness (QED) is 0.724. The highest BCUT2D eigenvalue weighted by molar-refractivity contribution is 5.23. The smallest absolute Gasteiger partial charge is 0.265 e. The highest BCUT2D eigenvalue weighted by Crippen LogP contribution is 2.21. The van der Waals surface area contributed by atoms with Crippen molar-refractivity contribution in [3.05, 3.63) is 28.9 Å². The lowest BCUT2D eigenvalue weighted by molar-refractivity contribution is 0.146. The van der Waals surface area contributed by atoms with Crippen molar-refractivity contribution in [3.63, 3.8) is 0 Å². The Kier molecular flexibility index (Phi) is 3.79. The molecule has 0 aliphatic rings. The van der Waals surface area contributed by atoms with Crippen molar-refractivity contribution >= 4 is 0 Å². The van der Waals surface area contributed by atoms with Crippen molar-refractivity contribution in [3.8, 4) is 0 Å². The lowest BCUT2D eigenvalue weighted by Crippen LogP contribution is -2.22. The molecule has 0 atom stereocenters. The summed E-state index contributed by atoms with van der Waals surface area (Å²) >= 11 is 0. The maximum absolute atomic E-state index is 12.5. The normalized spacial score (nSPS) is 12.3. The van der Waals surface area contributed by atoms with Gasteiger partial charge in [-0.05, 0) is 11.6 Å². The van der Waals surface area contributed by atoms with Crippen LogP contribution in [0.15, 0.2) is 17.4 Å². The van der Waals surface area contributed by atoms with Crippen LogP contribution in [-0.4, -0.2) is 16.7 Å². The zero-order chi connectivity index (χ0) is 11.4. The van der Waals surface area contributed by atoms with Crippen LogP contribution in [0.25, 0.3) is 0 Å². The van der Waals surface area contributed by atoms with Crippen LogP contribution >= 0.6 is 0 Å². The highest BCUT2D eigenvalue weighted by Gasteiger charge is 2.13. The van der Waals surface area contributed by atoms with E-state index in [0.29, 0.717) is 5.49 Å². The number of aryl methyl sites for hydroxylation is 1. The molecule has 1 heterocycles. The van der Waals surface area contributed by atoms with Crippen molar-refractivity contribution in [1.82, 2.24) is 9.99 Å². The van der Waals surface area contributed by atoms with E-state index < -0.39 is 13.0 Å². The molecule has 4 nitrogen and oxygen atoms in total. The van der Waals surface area contributed by atoms with Gasteiger partial charge >= 0.3 is 0 Å². The van der Waals surface area contributed by atoms with Crippen LogP contribution in [0.3, 0.4) is 0 Å². The van der Waals surface area contributed by atoms with Gasteiger partial charge in [-0.25, -0.2) is 8.78 Å². The first-order valence-electron chi connectivity index (χ1n) is 4.39. The molecule has 6 heteroatoms. The van der Waals surface area contributed by atoms with E-state index >= 15 is 0 Å². The van der Waals surface area contributed by atoms with Gasteiger partial charge in [0.15, 0.2) is 5.49 Å². The second kappa shape index (κ2) is 4.88. The second-order valence-electron chi connectivity index (χ2n) is 3.02. The molecule has 0 fully saturated rings. The Labute approximate surface area is 85.9 Å². The largest absolute Gasteiger partial charge is 0.392 e. The number of aliphatic hydroxyl groups excluding tert-OH is 1. The first-order valence-corrected chi connectivity index (χ1v) is 4.39. The summed E-state index contributed by atoms with van der Waals surface area (Å²) in [6.45, 7) is -0.424. The van der Waals surface area contributed by atoms with Crippen LogP contribution < -0.4 is 10.9 Å². The number of pyridine rings is 1. The maximum Gasteiger partial charge on any atom is 0.265 e. The van der Waals surface area contributed by atoms with E-state index in [1.165, 1.54) is 16.8 Å². The molecule has 0 aliphatic heterocycles. The van der Waals surface area contributed by atoms with E-state index in [1.807, 2.05) is 0 Å². The fourth-order valence-electron chi connectivity index (χ4n) is 1.26. The van der Waals surface area contributed by atoms with Gasteiger partial charge in [0, 0.05) is 25.9 Å². The molecule has 0 aliphatic carbocycles. The van der Waals surface area contributed by atoms with Gasteiger partial charge < -0.3 is 15.1 Å². The monoisotopic (exact) mass is 217 g/mol. The van der Waals surface area contributed by atoms with Crippen molar-refractivity contribution < 1.29 is 13.9 Å². The number of rotatable bonds is 3. The van der Waals surface area contributed by atoms with Gasteiger partial charge in [0.05, 0.1) is 6.61 Å². The van der Waals surface area contributed by atoms with Gasteiger partial charge in [0.2, 0.25) is 0 Å². The summed E-state index contributed by atoms with van der Waals surface area (Å²) in [6.07, 6.45) is -1.33. The molecular formula is C9H13F2N3O. The predicted octanol–water partition coefficient (Wildman–Crippen LogP) is 0.490. The van der Waals surface area contributed by atoms with Crippen LogP contribution in [0.5, 0.6) is 0 Å². The first kappa shape index (κ1) is 11.6. The lowest BCUT2D eigenvalue weighted by Gasteiger charge is -2.09. The maximum atomic E-state index is 12.5. The molecule has 1 aromatic heterocycles. The van der Waals surface area contributed by atoms with Crippen molar-refractivity contribution in [2.75, 3.05) is 7.05 Å². The minimum Gasteiger partial charge on any atom is -0.392 e. The van der Waals surface area contributed by atoms with Crippen LogP contribution in [0.4, 0.5) is 8.78 Å². The van der Waals surface area contributed by atoms with E-state index in [0.717, 1.165) is 0 Å². The third-order valence-corrected chi connectivity index (χ3v) is 2.00. The lowest BCUT2D eigenvalue weighted by atomic mass is 10.1. The molecule has 0 bridgehead atoms. The van der Waals surface area contributed by atoms with Gasteiger partial charge in [-0.1, -0.05) is 0 Å². The topological polar surface area (TPSA) is 49.6 Å². The van der Waals surface area contributed by atoms with E-state index in [1.54, 1.807) is 14.1 Å². The summed E-state index contributed by atoms with van der Waals surface area (Å²) in [4.78, 5) is 0. The summed E-state index contributed by atoms with van der Waals surface area (Å²) in [7, 11) is 3.23. The zero-order valence-corrected chi connectivity index (χ0v) is 8.54. The van der Waals surface area contributed by atoms with E-state index in [9.17, 15) is 8.78 Å². The molecular weight excluding hydrogens is 204 g/mol.